The zero-order valence-corrected chi connectivity index (χ0v) is 13.4. The number of aliphatic hydroxyl groups excluding tert-OH is 1. The highest BCUT2D eigenvalue weighted by molar-refractivity contribution is 6.00. The van der Waals surface area contributed by atoms with Crippen molar-refractivity contribution in [2.24, 2.45) is 0 Å². The Morgan fingerprint density at radius 1 is 1.25 bits per heavy atom. The van der Waals surface area contributed by atoms with E-state index in [0.29, 0.717) is 23.5 Å². The van der Waals surface area contributed by atoms with E-state index in [2.05, 4.69) is 10.6 Å². The molecule has 0 fully saturated rings. The third-order valence-corrected chi connectivity index (χ3v) is 4.14. The topological polar surface area (TPSA) is 90.8 Å². The number of benzene rings is 2. The number of hydrogen-bond donors (Lipinski definition) is 4. The van der Waals surface area contributed by atoms with Crippen LogP contribution in [0.4, 0.5) is 16.2 Å². The van der Waals surface area contributed by atoms with Crippen LogP contribution in [0, 0.1) is 0 Å². The van der Waals surface area contributed by atoms with Crippen LogP contribution < -0.4 is 15.4 Å². The summed E-state index contributed by atoms with van der Waals surface area (Å²) in [6.07, 6.45) is 1.71. The maximum atomic E-state index is 12.2. The lowest BCUT2D eigenvalue weighted by Crippen LogP contribution is -2.24. The highest BCUT2D eigenvalue weighted by atomic mass is 16.5. The van der Waals surface area contributed by atoms with Gasteiger partial charge >= 0.3 is 6.03 Å². The van der Waals surface area contributed by atoms with E-state index < -0.39 is 6.03 Å². The largest absolute Gasteiger partial charge is 0.504 e. The number of carbonyl (C=O) groups excluding carboxylic acids is 1. The third kappa shape index (κ3) is 3.44. The number of phenols is 1. The quantitative estimate of drug-likeness (QED) is 0.697. The van der Waals surface area contributed by atoms with Crippen molar-refractivity contribution in [3.05, 3.63) is 47.5 Å². The average Bonchev–Trinajstić information content (AvgIpc) is 2.55. The molecule has 0 spiro atoms. The van der Waals surface area contributed by atoms with Crippen molar-refractivity contribution in [3.8, 4) is 11.5 Å². The molecule has 3 rings (SSSR count). The van der Waals surface area contributed by atoms with Gasteiger partial charge in [0.1, 0.15) is 0 Å². The number of carbonyl (C=O) groups is 1. The number of hydrogen-bond acceptors (Lipinski definition) is 4. The van der Waals surface area contributed by atoms with Gasteiger partial charge in [0.15, 0.2) is 11.5 Å². The van der Waals surface area contributed by atoms with Crippen LogP contribution in [-0.2, 0) is 12.8 Å². The molecule has 0 aliphatic heterocycles. The first kappa shape index (κ1) is 16.1. The number of rotatable bonds is 3. The number of aliphatic hydroxyl groups is 1. The van der Waals surface area contributed by atoms with Gasteiger partial charge in [0.2, 0.25) is 0 Å². The van der Waals surface area contributed by atoms with Gasteiger partial charge in [-0.25, -0.2) is 4.79 Å². The monoisotopic (exact) mass is 328 g/mol. The molecule has 0 heterocycles. The zero-order valence-electron chi connectivity index (χ0n) is 13.4. The van der Waals surface area contributed by atoms with Gasteiger partial charge in [-0.2, -0.15) is 0 Å². The molecule has 1 atom stereocenters. The maximum Gasteiger partial charge on any atom is 0.323 e. The average molecular weight is 328 g/mol. The summed E-state index contributed by atoms with van der Waals surface area (Å²) in [7, 11) is 1.46. The number of aromatic hydroxyl groups is 1. The minimum Gasteiger partial charge on any atom is -0.504 e. The highest BCUT2D eigenvalue weighted by Gasteiger charge is 2.20. The number of urea groups is 1. The van der Waals surface area contributed by atoms with Crippen molar-refractivity contribution in [2.75, 3.05) is 17.7 Å². The summed E-state index contributed by atoms with van der Waals surface area (Å²) in [6.45, 7) is 0. The van der Waals surface area contributed by atoms with Crippen molar-refractivity contribution in [1.82, 2.24) is 0 Å². The van der Waals surface area contributed by atoms with Crippen molar-refractivity contribution in [3.63, 3.8) is 0 Å². The van der Waals surface area contributed by atoms with Crippen LogP contribution in [0.3, 0.4) is 0 Å². The first-order valence-corrected chi connectivity index (χ1v) is 7.80. The van der Waals surface area contributed by atoms with Crippen LogP contribution in [0.15, 0.2) is 36.4 Å². The fourth-order valence-corrected chi connectivity index (χ4v) is 2.94. The van der Waals surface area contributed by atoms with E-state index in [9.17, 15) is 15.0 Å². The molecule has 0 saturated carbocycles. The second-order valence-electron chi connectivity index (χ2n) is 5.81. The Labute approximate surface area is 140 Å². The molecular weight excluding hydrogens is 308 g/mol. The molecule has 2 aromatic carbocycles. The van der Waals surface area contributed by atoms with Gasteiger partial charge in [-0.05, 0) is 42.2 Å². The minimum atomic E-state index is -0.409. The van der Waals surface area contributed by atoms with Crippen LogP contribution in [0.2, 0.25) is 0 Å². The van der Waals surface area contributed by atoms with Gasteiger partial charge < -0.3 is 25.6 Å². The predicted octanol–water partition coefficient (Wildman–Crippen LogP) is 2.89. The number of methoxy groups -OCH3 is 1. The molecule has 126 valence electrons. The lowest BCUT2D eigenvalue weighted by atomic mass is 9.88. The Morgan fingerprint density at radius 2 is 2.08 bits per heavy atom. The Hall–Kier alpha value is -2.73. The summed E-state index contributed by atoms with van der Waals surface area (Å²) < 4.78 is 4.97. The van der Waals surface area contributed by atoms with Crippen LogP contribution in [-0.4, -0.2) is 29.5 Å². The maximum absolute atomic E-state index is 12.2. The van der Waals surface area contributed by atoms with Crippen LogP contribution in [0.1, 0.15) is 17.5 Å². The normalized spacial score (nSPS) is 16.2. The van der Waals surface area contributed by atoms with Crippen molar-refractivity contribution in [2.45, 2.75) is 25.4 Å². The number of aryl methyl sites for hydroxylation is 1. The van der Waals surface area contributed by atoms with Crippen molar-refractivity contribution >= 4 is 17.4 Å². The molecule has 1 aliphatic rings. The molecule has 24 heavy (non-hydrogen) atoms. The Kier molecular flexibility index (Phi) is 4.57. The van der Waals surface area contributed by atoms with E-state index in [0.717, 1.165) is 24.0 Å². The van der Waals surface area contributed by atoms with E-state index in [1.54, 1.807) is 12.1 Å². The third-order valence-electron chi connectivity index (χ3n) is 4.14. The molecule has 2 aromatic rings. The van der Waals surface area contributed by atoms with Crippen molar-refractivity contribution < 1.29 is 19.7 Å². The second kappa shape index (κ2) is 6.80. The minimum absolute atomic E-state index is 0.0458. The molecule has 1 unspecified atom stereocenters. The Balaban J connectivity index is 1.73. The summed E-state index contributed by atoms with van der Waals surface area (Å²) in [6, 6.07) is 9.96. The number of fused-ring (bicyclic) bond motifs is 1. The molecule has 4 N–H and O–H groups in total. The second-order valence-corrected chi connectivity index (χ2v) is 5.81. The number of phenolic OH excluding ortho intramolecular Hbond substituents is 1. The summed E-state index contributed by atoms with van der Waals surface area (Å²) in [5, 5.41) is 25.1. The molecule has 1 aliphatic carbocycles. The van der Waals surface area contributed by atoms with Gasteiger partial charge in [-0.15, -0.1) is 0 Å². The highest BCUT2D eigenvalue weighted by Crippen LogP contribution is 2.30. The summed E-state index contributed by atoms with van der Waals surface area (Å²) in [5.41, 5.74) is 3.28. The van der Waals surface area contributed by atoms with Gasteiger partial charge in [0.05, 0.1) is 13.2 Å². The standard InChI is InChI=1S/C18H20N2O4/c1-24-17-8-6-12(9-16(17)22)19-18(23)20-15-4-2-3-11-5-7-13(21)10-14(11)15/h2-4,6,8-9,13,21-22H,5,7,10H2,1H3,(H2,19,20,23). The van der Waals surface area contributed by atoms with Gasteiger partial charge in [0, 0.05) is 23.9 Å². The van der Waals surface area contributed by atoms with E-state index >= 15 is 0 Å². The number of nitrogens with one attached hydrogen (secondary N) is 2. The smallest absolute Gasteiger partial charge is 0.323 e. The summed E-state index contributed by atoms with van der Waals surface area (Å²) in [4.78, 5) is 12.2. The summed E-state index contributed by atoms with van der Waals surface area (Å²) in [5.74, 6) is 0.294. The number of anilines is 2. The Morgan fingerprint density at radius 3 is 2.83 bits per heavy atom. The van der Waals surface area contributed by atoms with E-state index in [1.807, 2.05) is 18.2 Å². The molecule has 0 radical (unpaired) electrons. The summed E-state index contributed by atoms with van der Waals surface area (Å²) >= 11 is 0. The SMILES string of the molecule is COc1ccc(NC(=O)Nc2cccc3c2CC(O)CC3)cc1O. The molecule has 2 amide bonds. The molecule has 0 saturated heterocycles. The van der Waals surface area contributed by atoms with Gasteiger partial charge in [-0.3, -0.25) is 0 Å². The molecule has 0 bridgehead atoms. The lowest BCUT2D eigenvalue weighted by Gasteiger charge is -2.23. The van der Waals surface area contributed by atoms with Gasteiger partial charge in [-0.1, -0.05) is 12.1 Å². The molecule has 6 heteroatoms. The van der Waals surface area contributed by atoms with Crippen LogP contribution in [0.25, 0.3) is 0 Å². The fourth-order valence-electron chi connectivity index (χ4n) is 2.94. The molecule has 0 aromatic heterocycles. The van der Waals surface area contributed by atoms with E-state index in [4.69, 9.17) is 4.74 Å². The molecular formula is C18H20N2O4. The molecule has 6 nitrogen and oxygen atoms in total. The zero-order chi connectivity index (χ0) is 17.1. The van der Waals surface area contributed by atoms with Gasteiger partial charge in [0.25, 0.3) is 0 Å². The predicted molar refractivity (Wildman–Crippen MR) is 91.8 cm³/mol. The van der Waals surface area contributed by atoms with E-state index in [-0.39, 0.29) is 11.9 Å². The van der Waals surface area contributed by atoms with E-state index in [1.165, 1.54) is 13.2 Å². The first-order valence-electron chi connectivity index (χ1n) is 7.80. The lowest BCUT2D eigenvalue weighted by molar-refractivity contribution is 0.159. The van der Waals surface area contributed by atoms with Crippen LogP contribution >= 0.6 is 0 Å². The fraction of sp³-hybridized carbons (Fsp3) is 0.278. The number of amides is 2. The number of ether oxygens (including phenoxy) is 1. The first-order chi connectivity index (χ1) is 11.6. The van der Waals surface area contributed by atoms with Crippen LogP contribution in [0.5, 0.6) is 11.5 Å². The van der Waals surface area contributed by atoms with Crippen molar-refractivity contribution in [1.29, 1.82) is 0 Å². The Bertz CT molecular complexity index is 761.